The molecule has 0 radical (unpaired) electrons. The predicted molar refractivity (Wildman–Crippen MR) is 79.2 cm³/mol. The molecule has 3 unspecified atom stereocenters. The fourth-order valence-electron chi connectivity index (χ4n) is 3.09. The summed E-state index contributed by atoms with van der Waals surface area (Å²) >= 11 is 0. The van der Waals surface area contributed by atoms with Crippen molar-refractivity contribution >= 4 is 5.69 Å². The van der Waals surface area contributed by atoms with Crippen molar-refractivity contribution in [2.24, 2.45) is 5.92 Å². The molecule has 1 aromatic rings. The van der Waals surface area contributed by atoms with E-state index in [2.05, 4.69) is 17.3 Å². The van der Waals surface area contributed by atoms with Crippen molar-refractivity contribution in [2.75, 3.05) is 6.54 Å². The summed E-state index contributed by atoms with van der Waals surface area (Å²) in [6, 6.07) is 0.476. The zero-order chi connectivity index (χ0) is 15.6. The molecule has 2 N–H and O–H groups in total. The van der Waals surface area contributed by atoms with Gasteiger partial charge >= 0.3 is 5.69 Å². The van der Waals surface area contributed by atoms with Crippen molar-refractivity contribution in [1.29, 1.82) is 0 Å². The van der Waals surface area contributed by atoms with Crippen LogP contribution in [0.4, 0.5) is 5.69 Å². The quantitative estimate of drug-likeness (QED) is 0.613. The lowest BCUT2D eigenvalue weighted by atomic mass is 10.1. The van der Waals surface area contributed by atoms with E-state index in [0.29, 0.717) is 24.0 Å². The van der Waals surface area contributed by atoms with Gasteiger partial charge in [-0.15, -0.1) is 0 Å². The Hall–Kier alpha value is -1.47. The lowest BCUT2D eigenvalue weighted by Gasteiger charge is -2.17. The monoisotopic (exact) mass is 296 g/mol. The minimum absolute atomic E-state index is 0.0415. The van der Waals surface area contributed by atoms with E-state index in [9.17, 15) is 15.2 Å². The second-order valence-electron chi connectivity index (χ2n) is 6.14. The van der Waals surface area contributed by atoms with Gasteiger partial charge in [0.1, 0.15) is 11.4 Å². The maximum Gasteiger partial charge on any atom is 0.312 e. The van der Waals surface area contributed by atoms with Crippen molar-refractivity contribution in [2.45, 2.75) is 58.7 Å². The molecule has 2 rings (SSSR count). The van der Waals surface area contributed by atoms with Crippen LogP contribution in [-0.2, 0) is 6.54 Å². The highest BCUT2D eigenvalue weighted by atomic mass is 16.6. The number of aryl methyl sites for hydroxylation is 1. The summed E-state index contributed by atoms with van der Waals surface area (Å²) < 4.78 is 1.52. The number of aromatic nitrogens is 2. The van der Waals surface area contributed by atoms with Gasteiger partial charge in [-0.25, -0.2) is 0 Å². The van der Waals surface area contributed by atoms with E-state index in [-0.39, 0.29) is 12.2 Å². The molecular weight excluding hydrogens is 272 g/mol. The maximum atomic E-state index is 10.9. The van der Waals surface area contributed by atoms with Gasteiger partial charge in [-0.1, -0.05) is 6.92 Å². The van der Waals surface area contributed by atoms with Gasteiger partial charge in [-0.2, -0.15) is 5.10 Å². The fourth-order valence-corrected chi connectivity index (χ4v) is 3.09. The Balaban J connectivity index is 1.89. The molecule has 1 aliphatic rings. The highest BCUT2D eigenvalue weighted by molar-refractivity contribution is 5.39. The molecule has 7 nitrogen and oxygen atoms in total. The van der Waals surface area contributed by atoms with Crippen LogP contribution in [-0.4, -0.2) is 38.5 Å². The van der Waals surface area contributed by atoms with Crippen LogP contribution < -0.4 is 5.32 Å². The van der Waals surface area contributed by atoms with Crippen LogP contribution in [0, 0.1) is 29.9 Å². The van der Waals surface area contributed by atoms with E-state index < -0.39 is 11.0 Å². The fraction of sp³-hybridized carbons (Fsp3) is 0.786. The molecule has 3 atom stereocenters. The molecule has 1 heterocycles. The third-order valence-corrected chi connectivity index (χ3v) is 4.25. The number of nitrogens with zero attached hydrogens (tertiary/aromatic N) is 3. The van der Waals surface area contributed by atoms with Crippen LogP contribution in [0.2, 0.25) is 0 Å². The third kappa shape index (κ3) is 3.79. The highest BCUT2D eigenvalue weighted by Gasteiger charge is 2.24. The number of rotatable bonds is 6. The first-order chi connectivity index (χ1) is 9.88. The van der Waals surface area contributed by atoms with Gasteiger partial charge in [-0.05, 0) is 39.0 Å². The van der Waals surface area contributed by atoms with Crippen LogP contribution in [0.1, 0.15) is 37.6 Å². The lowest BCUT2D eigenvalue weighted by Crippen LogP contribution is -2.36. The molecule has 1 fully saturated rings. The molecule has 0 saturated heterocycles. The number of aliphatic hydroxyl groups excluding tert-OH is 1. The molecule has 7 heteroatoms. The molecule has 1 saturated carbocycles. The van der Waals surface area contributed by atoms with Gasteiger partial charge in [-0.3, -0.25) is 14.8 Å². The first-order valence-corrected chi connectivity index (χ1v) is 7.48. The number of aliphatic hydroxyl groups is 1. The van der Waals surface area contributed by atoms with Crippen LogP contribution in [0.25, 0.3) is 0 Å². The molecule has 1 aromatic heterocycles. The summed E-state index contributed by atoms with van der Waals surface area (Å²) in [4.78, 5) is 10.5. The number of hydrogen-bond donors (Lipinski definition) is 2. The highest BCUT2D eigenvalue weighted by Crippen LogP contribution is 2.24. The molecule has 1 aliphatic carbocycles. The van der Waals surface area contributed by atoms with Crippen molar-refractivity contribution in [3.05, 3.63) is 21.5 Å². The Kier molecular flexibility index (Phi) is 4.95. The second-order valence-corrected chi connectivity index (χ2v) is 6.14. The summed E-state index contributed by atoms with van der Waals surface area (Å²) in [5, 5.41) is 28.6. The molecule has 118 valence electrons. The minimum Gasteiger partial charge on any atom is -0.390 e. The Labute approximate surface area is 124 Å². The van der Waals surface area contributed by atoms with Gasteiger partial charge in [0, 0.05) is 12.6 Å². The Morgan fingerprint density at radius 1 is 1.52 bits per heavy atom. The average molecular weight is 296 g/mol. The lowest BCUT2D eigenvalue weighted by molar-refractivity contribution is -0.386. The zero-order valence-electron chi connectivity index (χ0n) is 12.9. The summed E-state index contributed by atoms with van der Waals surface area (Å²) in [6.45, 7) is 6.29. The van der Waals surface area contributed by atoms with E-state index in [0.717, 1.165) is 18.8 Å². The van der Waals surface area contributed by atoms with Gasteiger partial charge < -0.3 is 10.4 Å². The number of nitrogens with one attached hydrogen (secondary N) is 1. The van der Waals surface area contributed by atoms with Crippen molar-refractivity contribution in [3.63, 3.8) is 0 Å². The Morgan fingerprint density at radius 2 is 2.24 bits per heavy atom. The minimum atomic E-state index is -0.599. The van der Waals surface area contributed by atoms with Crippen LogP contribution >= 0.6 is 0 Å². The summed E-state index contributed by atoms with van der Waals surface area (Å²) in [7, 11) is 0. The average Bonchev–Trinajstić information content (AvgIpc) is 2.91. The third-order valence-electron chi connectivity index (χ3n) is 4.25. The predicted octanol–water partition coefficient (Wildman–Crippen LogP) is 1.55. The molecule has 0 bridgehead atoms. The van der Waals surface area contributed by atoms with E-state index in [1.165, 1.54) is 11.1 Å². The molecule has 0 aliphatic heterocycles. The summed E-state index contributed by atoms with van der Waals surface area (Å²) in [5.74, 6) is 0.748. The zero-order valence-corrected chi connectivity index (χ0v) is 12.9. The van der Waals surface area contributed by atoms with Crippen LogP contribution in [0.15, 0.2) is 0 Å². The molecule has 0 aromatic carbocycles. The van der Waals surface area contributed by atoms with Crippen molar-refractivity contribution in [1.82, 2.24) is 15.1 Å². The second kappa shape index (κ2) is 6.53. The Morgan fingerprint density at radius 3 is 2.76 bits per heavy atom. The largest absolute Gasteiger partial charge is 0.390 e. The standard InChI is InChI=1S/C14H24N4O3/c1-9-4-5-12(6-9)15-7-13(19)8-17-11(3)14(18(20)21)10(2)16-17/h9,12-13,15,19H,4-8H2,1-3H3. The van der Waals surface area contributed by atoms with Gasteiger partial charge in [0.2, 0.25) is 0 Å². The number of hydrogen-bond acceptors (Lipinski definition) is 5. The van der Waals surface area contributed by atoms with Gasteiger partial charge in [0.05, 0.1) is 17.6 Å². The van der Waals surface area contributed by atoms with Crippen molar-refractivity contribution < 1.29 is 10.0 Å². The maximum absolute atomic E-state index is 10.9. The van der Waals surface area contributed by atoms with E-state index in [1.807, 2.05) is 0 Å². The molecule has 0 amide bonds. The molecule has 21 heavy (non-hydrogen) atoms. The number of nitro groups is 1. The smallest absolute Gasteiger partial charge is 0.312 e. The van der Waals surface area contributed by atoms with E-state index in [1.54, 1.807) is 13.8 Å². The van der Waals surface area contributed by atoms with Gasteiger partial charge in [0.15, 0.2) is 0 Å². The van der Waals surface area contributed by atoms with Crippen LogP contribution in [0.5, 0.6) is 0 Å². The summed E-state index contributed by atoms with van der Waals surface area (Å²) in [6.07, 6.45) is 2.94. The van der Waals surface area contributed by atoms with E-state index >= 15 is 0 Å². The first-order valence-electron chi connectivity index (χ1n) is 7.48. The summed E-state index contributed by atoms with van der Waals surface area (Å²) in [5.41, 5.74) is 0.924. The van der Waals surface area contributed by atoms with Crippen LogP contribution in [0.3, 0.4) is 0 Å². The van der Waals surface area contributed by atoms with Crippen molar-refractivity contribution in [3.8, 4) is 0 Å². The van der Waals surface area contributed by atoms with E-state index in [4.69, 9.17) is 0 Å². The molecule has 0 spiro atoms. The Bertz CT molecular complexity index is 515. The first kappa shape index (κ1) is 15.9. The normalized spacial score (nSPS) is 23.4. The SMILES string of the molecule is Cc1nn(CC(O)CNC2CCC(C)C2)c(C)c1[N+](=O)[O-]. The topological polar surface area (TPSA) is 93.2 Å². The molecular formula is C14H24N4O3. The van der Waals surface area contributed by atoms with Gasteiger partial charge in [0.25, 0.3) is 0 Å².